The van der Waals surface area contributed by atoms with Gasteiger partial charge in [0.15, 0.2) is 0 Å². The molecule has 0 radical (unpaired) electrons. The third-order valence-electron chi connectivity index (χ3n) is 5.89. The summed E-state index contributed by atoms with van der Waals surface area (Å²) in [4.78, 5) is 40.4. The second kappa shape index (κ2) is 11.2. The molecule has 1 fully saturated rings. The Kier molecular flexibility index (Phi) is 8.32. The smallest absolute Gasteiger partial charge is 0.416 e. The highest BCUT2D eigenvalue weighted by molar-refractivity contribution is 5.91. The van der Waals surface area contributed by atoms with Crippen LogP contribution < -0.4 is 0 Å². The number of hydrogen-bond acceptors (Lipinski definition) is 3. The van der Waals surface area contributed by atoms with Crippen molar-refractivity contribution >= 4 is 23.9 Å². The first-order valence-corrected chi connectivity index (χ1v) is 11.2. The van der Waals surface area contributed by atoms with Gasteiger partial charge < -0.3 is 14.9 Å². The summed E-state index contributed by atoms with van der Waals surface area (Å²) < 4.78 is 39.2. The van der Waals surface area contributed by atoms with Crippen LogP contribution >= 0.6 is 0 Å². The van der Waals surface area contributed by atoms with E-state index in [-0.39, 0.29) is 24.4 Å². The zero-order chi connectivity index (χ0) is 25.6. The minimum absolute atomic E-state index is 0.161. The average Bonchev–Trinajstić information content (AvgIpc) is 2.81. The maximum absolute atomic E-state index is 13.4. The van der Waals surface area contributed by atoms with Gasteiger partial charge in [-0.05, 0) is 36.1 Å². The van der Waals surface area contributed by atoms with Crippen LogP contribution in [0, 0.1) is 0 Å². The highest BCUT2D eigenvalue weighted by atomic mass is 19.4. The van der Waals surface area contributed by atoms with E-state index in [1.165, 1.54) is 29.0 Å². The molecule has 1 heterocycles. The van der Waals surface area contributed by atoms with E-state index in [0.29, 0.717) is 12.8 Å². The highest BCUT2D eigenvalue weighted by Gasteiger charge is 2.39. The summed E-state index contributed by atoms with van der Waals surface area (Å²) in [6.07, 6.45) is -0.151. The molecule has 6 nitrogen and oxygen atoms in total. The molecule has 0 saturated carbocycles. The summed E-state index contributed by atoms with van der Waals surface area (Å²) >= 11 is 0. The number of carbonyl (C=O) groups excluding carboxylic acids is 2. The van der Waals surface area contributed by atoms with Crippen LogP contribution in [0.5, 0.6) is 0 Å². The van der Waals surface area contributed by atoms with Gasteiger partial charge in [0.1, 0.15) is 6.04 Å². The van der Waals surface area contributed by atoms with Crippen molar-refractivity contribution in [2.45, 2.75) is 50.5 Å². The lowest BCUT2D eigenvalue weighted by atomic mass is 9.96. The van der Waals surface area contributed by atoms with E-state index < -0.39 is 42.1 Å². The molecule has 0 bridgehead atoms. The number of nitrogens with zero attached hydrogens (tertiary/aromatic N) is 2. The fourth-order valence-corrected chi connectivity index (χ4v) is 4.22. The maximum atomic E-state index is 13.4. The molecule has 3 rings (SSSR count). The number of alkyl halides is 3. The second-order valence-corrected chi connectivity index (χ2v) is 8.54. The maximum Gasteiger partial charge on any atom is 0.416 e. The number of rotatable bonds is 8. The Bertz CT molecular complexity index is 1090. The molecule has 0 aliphatic carbocycles. The van der Waals surface area contributed by atoms with Gasteiger partial charge in [0.25, 0.3) is 0 Å². The van der Waals surface area contributed by atoms with Gasteiger partial charge in [0.05, 0.1) is 18.0 Å². The predicted octanol–water partition coefficient (Wildman–Crippen LogP) is 4.60. The van der Waals surface area contributed by atoms with Crippen molar-refractivity contribution in [3.05, 3.63) is 77.4 Å². The van der Waals surface area contributed by atoms with Crippen molar-refractivity contribution in [1.29, 1.82) is 0 Å². The van der Waals surface area contributed by atoms with Crippen LogP contribution in [-0.2, 0) is 27.1 Å². The minimum atomic E-state index is -4.52. The summed E-state index contributed by atoms with van der Waals surface area (Å²) in [6.45, 7) is -0.161. The first-order valence-electron chi connectivity index (χ1n) is 11.2. The normalized spacial score (nSPS) is 17.4. The molecule has 0 unspecified atom stereocenters. The number of halogens is 3. The number of aliphatic carboxylic acids is 1. The molecule has 35 heavy (non-hydrogen) atoms. The number of likely N-dealkylation sites (tertiary alicyclic amines) is 1. The average molecular weight is 489 g/mol. The van der Waals surface area contributed by atoms with Crippen LogP contribution in [0.1, 0.15) is 42.4 Å². The molecule has 0 aromatic heterocycles. The Morgan fingerprint density at radius 2 is 1.89 bits per heavy atom. The Hall–Kier alpha value is -3.62. The van der Waals surface area contributed by atoms with E-state index in [2.05, 4.69) is 0 Å². The van der Waals surface area contributed by atoms with E-state index in [1.807, 2.05) is 36.4 Å². The number of amides is 2. The fraction of sp³-hybridized carbons (Fsp3) is 0.346. The Morgan fingerprint density at radius 3 is 2.54 bits per heavy atom. The van der Waals surface area contributed by atoms with Crippen LogP contribution in [0.25, 0.3) is 6.08 Å². The number of carboxylic acid groups (broad SMARTS) is 1. The standard InChI is InChI=1S/C26H27F3N2O4/c1-30(17-19-9-5-10-20(15-19)26(27,28)29)25(35)22(16-24(33)34)31-21(11-6-12-23(31)32)14-13-18-7-3-2-4-8-18/h2-5,7-10,13-15,21-22H,6,11-12,16-17H2,1H3,(H,33,34)/b14-13+/t21-,22+/m0/s1. The zero-order valence-corrected chi connectivity index (χ0v) is 19.2. The molecule has 2 atom stereocenters. The lowest BCUT2D eigenvalue weighted by Gasteiger charge is -2.40. The van der Waals surface area contributed by atoms with E-state index in [4.69, 9.17) is 0 Å². The summed E-state index contributed by atoms with van der Waals surface area (Å²) in [5.41, 5.74) is 0.304. The number of carbonyl (C=O) groups is 3. The molecular formula is C26H27F3N2O4. The third-order valence-corrected chi connectivity index (χ3v) is 5.89. The largest absolute Gasteiger partial charge is 0.481 e. The molecule has 2 aromatic rings. The number of benzene rings is 2. The van der Waals surface area contributed by atoms with Gasteiger partial charge in [-0.25, -0.2) is 0 Å². The lowest BCUT2D eigenvalue weighted by molar-refractivity contribution is -0.153. The van der Waals surface area contributed by atoms with Crippen molar-refractivity contribution in [1.82, 2.24) is 9.80 Å². The minimum Gasteiger partial charge on any atom is -0.481 e. The molecule has 9 heteroatoms. The first kappa shape index (κ1) is 26.0. The van der Waals surface area contributed by atoms with Gasteiger partial charge in [0, 0.05) is 20.0 Å². The number of piperidine rings is 1. The number of carboxylic acids is 1. The third kappa shape index (κ3) is 6.94. The second-order valence-electron chi connectivity index (χ2n) is 8.54. The Labute approximate surface area is 201 Å². The molecule has 1 aliphatic heterocycles. The van der Waals surface area contributed by atoms with Crippen LogP contribution in [0.3, 0.4) is 0 Å². The van der Waals surface area contributed by atoms with Crippen LogP contribution in [0.15, 0.2) is 60.7 Å². The Morgan fingerprint density at radius 1 is 1.17 bits per heavy atom. The van der Waals surface area contributed by atoms with Gasteiger partial charge in [-0.3, -0.25) is 14.4 Å². The van der Waals surface area contributed by atoms with Gasteiger partial charge >= 0.3 is 12.1 Å². The molecule has 1 saturated heterocycles. The first-order chi connectivity index (χ1) is 16.6. The SMILES string of the molecule is CN(Cc1cccc(C(F)(F)F)c1)C(=O)[C@@H](CC(=O)O)N1C(=O)CCC[C@H]1/C=C/c1ccccc1. The van der Waals surface area contributed by atoms with Crippen molar-refractivity contribution in [3.63, 3.8) is 0 Å². The Balaban J connectivity index is 1.85. The molecule has 2 amide bonds. The topological polar surface area (TPSA) is 77.9 Å². The summed E-state index contributed by atoms with van der Waals surface area (Å²) in [7, 11) is 1.39. The van der Waals surface area contributed by atoms with Crippen molar-refractivity contribution in [2.24, 2.45) is 0 Å². The van der Waals surface area contributed by atoms with Crippen molar-refractivity contribution < 1.29 is 32.7 Å². The number of hydrogen-bond donors (Lipinski definition) is 1. The molecule has 186 valence electrons. The fourth-order valence-electron chi connectivity index (χ4n) is 4.22. The molecule has 2 aromatic carbocycles. The molecule has 1 N–H and O–H groups in total. The van der Waals surface area contributed by atoms with Crippen molar-refractivity contribution in [2.75, 3.05) is 7.05 Å². The molecule has 1 aliphatic rings. The van der Waals surface area contributed by atoms with Gasteiger partial charge in [-0.15, -0.1) is 0 Å². The molecule has 0 spiro atoms. The van der Waals surface area contributed by atoms with Gasteiger partial charge in [-0.1, -0.05) is 54.6 Å². The van der Waals surface area contributed by atoms with E-state index in [0.717, 1.165) is 17.7 Å². The molecular weight excluding hydrogens is 461 g/mol. The summed E-state index contributed by atoms with van der Waals surface area (Å²) in [5.74, 6) is -2.22. The van der Waals surface area contributed by atoms with Crippen molar-refractivity contribution in [3.8, 4) is 0 Å². The van der Waals surface area contributed by atoms with Crippen LogP contribution in [0.2, 0.25) is 0 Å². The van der Waals surface area contributed by atoms with E-state index in [9.17, 15) is 32.7 Å². The highest BCUT2D eigenvalue weighted by Crippen LogP contribution is 2.30. The van der Waals surface area contributed by atoms with E-state index >= 15 is 0 Å². The van der Waals surface area contributed by atoms with Gasteiger partial charge in [-0.2, -0.15) is 13.2 Å². The summed E-state index contributed by atoms with van der Waals surface area (Å²) in [6, 6.07) is 12.2. The lowest BCUT2D eigenvalue weighted by Crippen LogP contribution is -2.55. The zero-order valence-electron chi connectivity index (χ0n) is 19.2. The summed E-state index contributed by atoms with van der Waals surface area (Å²) in [5, 5.41) is 9.49. The quantitative estimate of drug-likeness (QED) is 0.589. The predicted molar refractivity (Wildman–Crippen MR) is 124 cm³/mol. The monoisotopic (exact) mass is 488 g/mol. The van der Waals surface area contributed by atoms with Gasteiger partial charge in [0.2, 0.25) is 11.8 Å². The number of likely N-dealkylation sites (N-methyl/N-ethyl adjacent to an activating group) is 1. The van der Waals surface area contributed by atoms with E-state index in [1.54, 1.807) is 6.08 Å². The van der Waals surface area contributed by atoms with Crippen LogP contribution in [-0.4, -0.2) is 51.8 Å². The van der Waals surface area contributed by atoms with Crippen LogP contribution in [0.4, 0.5) is 13.2 Å².